The number of rotatable bonds is 1. The van der Waals surface area contributed by atoms with Gasteiger partial charge in [-0.25, -0.2) is 4.98 Å². The molecule has 0 radical (unpaired) electrons. The van der Waals surface area contributed by atoms with Crippen molar-refractivity contribution in [2.45, 2.75) is 45.2 Å². The van der Waals surface area contributed by atoms with Crippen LogP contribution in [0.25, 0.3) is 0 Å². The van der Waals surface area contributed by atoms with Crippen LogP contribution >= 0.6 is 0 Å². The highest BCUT2D eigenvalue weighted by Crippen LogP contribution is 2.23. The summed E-state index contributed by atoms with van der Waals surface area (Å²) in [6.45, 7) is 6.23. The second-order valence-electron chi connectivity index (χ2n) is 5.27. The van der Waals surface area contributed by atoms with E-state index in [4.69, 9.17) is 0 Å². The quantitative estimate of drug-likeness (QED) is 0.795. The highest BCUT2D eigenvalue weighted by molar-refractivity contribution is 5.38. The normalized spacial score (nSPS) is 28.2. The molecule has 2 atom stereocenters. The van der Waals surface area contributed by atoms with Gasteiger partial charge in [-0.2, -0.15) is 0 Å². The van der Waals surface area contributed by atoms with Gasteiger partial charge in [0.1, 0.15) is 5.82 Å². The summed E-state index contributed by atoms with van der Waals surface area (Å²) < 4.78 is 0. The van der Waals surface area contributed by atoms with Crippen LogP contribution in [0.1, 0.15) is 30.7 Å². The number of hydrogen-bond donors (Lipinski definition) is 1. The van der Waals surface area contributed by atoms with E-state index in [0.29, 0.717) is 6.04 Å². The summed E-state index contributed by atoms with van der Waals surface area (Å²) >= 11 is 0. The highest BCUT2D eigenvalue weighted by atomic mass is 15.2. The van der Waals surface area contributed by atoms with Gasteiger partial charge >= 0.3 is 0 Å². The summed E-state index contributed by atoms with van der Waals surface area (Å²) in [5.74, 6) is 1.04. The van der Waals surface area contributed by atoms with E-state index in [1.54, 1.807) is 0 Å². The fraction of sp³-hybridized carbons (Fsp3) is 0.692. The van der Waals surface area contributed by atoms with Gasteiger partial charge < -0.3 is 10.2 Å². The van der Waals surface area contributed by atoms with E-state index in [1.807, 2.05) is 20.0 Å². The SMILES string of the molecule is Cc1ncc(N2CCC3CCC(C2)N3)nc1C. The van der Waals surface area contributed by atoms with Crippen molar-refractivity contribution in [3.63, 3.8) is 0 Å². The lowest BCUT2D eigenvalue weighted by Gasteiger charge is -2.25. The average molecular weight is 232 g/mol. The fourth-order valence-corrected chi connectivity index (χ4v) is 2.83. The third-order valence-electron chi connectivity index (χ3n) is 4.03. The van der Waals surface area contributed by atoms with Gasteiger partial charge in [-0.1, -0.05) is 0 Å². The summed E-state index contributed by atoms with van der Waals surface area (Å²) in [5.41, 5.74) is 2.08. The van der Waals surface area contributed by atoms with Crippen molar-refractivity contribution >= 4 is 5.82 Å². The highest BCUT2D eigenvalue weighted by Gasteiger charge is 2.29. The van der Waals surface area contributed by atoms with Crippen molar-refractivity contribution < 1.29 is 0 Å². The molecule has 0 saturated carbocycles. The van der Waals surface area contributed by atoms with Crippen molar-refractivity contribution in [1.29, 1.82) is 0 Å². The third kappa shape index (κ3) is 2.14. The lowest BCUT2D eigenvalue weighted by atomic mass is 10.1. The molecule has 4 heteroatoms. The van der Waals surface area contributed by atoms with E-state index in [0.717, 1.165) is 36.3 Å². The van der Waals surface area contributed by atoms with E-state index in [9.17, 15) is 0 Å². The van der Waals surface area contributed by atoms with Gasteiger partial charge in [-0.05, 0) is 33.1 Å². The molecule has 3 rings (SSSR count). The molecule has 0 aliphatic carbocycles. The molecule has 1 N–H and O–H groups in total. The zero-order valence-electron chi connectivity index (χ0n) is 10.6. The molecular formula is C13H20N4. The Morgan fingerprint density at radius 3 is 2.82 bits per heavy atom. The summed E-state index contributed by atoms with van der Waals surface area (Å²) in [6, 6.07) is 1.37. The standard InChI is InChI=1S/C13H20N4/c1-9-10(2)15-13(7-14-9)17-6-5-11-3-4-12(8-17)16-11/h7,11-12,16H,3-6,8H2,1-2H3. The topological polar surface area (TPSA) is 41.1 Å². The van der Waals surface area contributed by atoms with Crippen LogP contribution in [0.2, 0.25) is 0 Å². The zero-order chi connectivity index (χ0) is 11.8. The second kappa shape index (κ2) is 4.26. The van der Waals surface area contributed by atoms with Gasteiger partial charge in [0.25, 0.3) is 0 Å². The number of nitrogens with one attached hydrogen (secondary N) is 1. The molecule has 0 aromatic carbocycles. The number of nitrogens with zero attached hydrogens (tertiary/aromatic N) is 3. The van der Waals surface area contributed by atoms with Crippen LogP contribution in [0.15, 0.2) is 6.20 Å². The number of anilines is 1. The second-order valence-corrected chi connectivity index (χ2v) is 5.27. The number of aromatic nitrogens is 2. The van der Waals surface area contributed by atoms with E-state index in [2.05, 4.69) is 20.2 Å². The molecule has 3 heterocycles. The average Bonchev–Trinajstić information content (AvgIpc) is 2.63. The molecule has 17 heavy (non-hydrogen) atoms. The van der Waals surface area contributed by atoms with Crippen molar-refractivity contribution in [3.05, 3.63) is 17.6 Å². The Morgan fingerprint density at radius 1 is 1.18 bits per heavy atom. The maximum atomic E-state index is 4.66. The summed E-state index contributed by atoms with van der Waals surface area (Å²) in [5, 5.41) is 3.69. The predicted octanol–water partition coefficient (Wildman–Crippen LogP) is 1.42. The van der Waals surface area contributed by atoms with Crippen LogP contribution in [0.3, 0.4) is 0 Å². The first kappa shape index (κ1) is 11.0. The lowest BCUT2D eigenvalue weighted by molar-refractivity contribution is 0.563. The monoisotopic (exact) mass is 232 g/mol. The predicted molar refractivity (Wildman–Crippen MR) is 68.3 cm³/mol. The van der Waals surface area contributed by atoms with Crippen molar-refractivity contribution in [2.24, 2.45) is 0 Å². The molecule has 0 amide bonds. The van der Waals surface area contributed by atoms with Crippen LogP contribution in [0.4, 0.5) is 5.82 Å². The minimum absolute atomic E-state index is 0.644. The Morgan fingerprint density at radius 2 is 2.00 bits per heavy atom. The van der Waals surface area contributed by atoms with E-state index in [-0.39, 0.29) is 0 Å². The molecule has 1 aromatic rings. The van der Waals surface area contributed by atoms with Crippen LogP contribution in [0, 0.1) is 13.8 Å². The van der Waals surface area contributed by atoms with Crippen molar-refractivity contribution in [1.82, 2.24) is 15.3 Å². The fourth-order valence-electron chi connectivity index (χ4n) is 2.83. The Kier molecular flexibility index (Phi) is 2.74. The van der Waals surface area contributed by atoms with Gasteiger partial charge in [-0.15, -0.1) is 0 Å². The maximum Gasteiger partial charge on any atom is 0.147 e. The molecule has 4 nitrogen and oxygen atoms in total. The number of fused-ring (bicyclic) bond motifs is 2. The molecule has 92 valence electrons. The molecule has 2 aliphatic heterocycles. The summed E-state index contributed by atoms with van der Waals surface area (Å²) in [4.78, 5) is 11.5. The minimum atomic E-state index is 0.644. The lowest BCUT2D eigenvalue weighted by Crippen LogP contribution is -2.35. The molecule has 2 unspecified atom stereocenters. The van der Waals surface area contributed by atoms with Gasteiger partial charge in [0.15, 0.2) is 0 Å². The molecular weight excluding hydrogens is 212 g/mol. The first-order valence-electron chi connectivity index (χ1n) is 6.53. The van der Waals surface area contributed by atoms with E-state index < -0.39 is 0 Å². The van der Waals surface area contributed by atoms with Gasteiger partial charge in [0.2, 0.25) is 0 Å². The van der Waals surface area contributed by atoms with Crippen molar-refractivity contribution in [3.8, 4) is 0 Å². The summed E-state index contributed by atoms with van der Waals surface area (Å²) in [7, 11) is 0. The van der Waals surface area contributed by atoms with E-state index in [1.165, 1.54) is 19.3 Å². The van der Waals surface area contributed by atoms with Crippen molar-refractivity contribution in [2.75, 3.05) is 18.0 Å². The molecule has 2 bridgehead atoms. The molecule has 0 spiro atoms. The smallest absolute Gasteiger partial charge is 0.147 e. The molecule has 2 fully saturated rings. The largest absolute Gasteiger partial charge is 0.354 e. The minimum Gasteiger partial charge on any atom is -0.354 e. The van der Waals surface area contributed by atoms with E-state index >= 15 is 0 Å². The Labute approximate surface area is 102 Å². The first-order valence-corrected chi connectivity index (χ1v) is 6.53. The van der Waals surface area contributed by atoms with Crippen LogP contribution in [-0.2, 0) is 0 Å². The molecule has 2 saturated heterocycles. The zero-order valence-corrected chi connectivity index (χ0v) is 10.6. The van der Waals surface area contributed by atoms with Crippen LogP contribution in [0.5, 0.6) is 0 Å². The van der Waals surface area contributed by atoms with Crippen LogP contribution in [-0.4, -0.2) is 35.1 Å². The summed E-state index contributed by atoms with van der Waals surface area (Å²) in [6.07, 6.45) is 5.79. The Hall–Kier alpha value is -1.16. The maximum absolute atomic E-state index is 4.66. The van der Waals surface area contributed by atoms with Gasteiger partial charge in [-0.3, -0.25) is 4.98 Å². The van der Waals surface area contributed by atoms with Gasteiger partial charge in [0.05, 0.1) is 17.6 Å². The number of aryl methyl sites for hydroxylation is 2. The Balaban J connectivity index is 1.81. The third-order valence-corrected chi connectivity index (χ3v) is 4.03. The molecule has 1 aromatic heterocycles. The molecule has 2 aliphatic rings. The van der Waals surface area contributed by atoms with Gasteiger partial charge in [0, 0.05) is 25.2 Å². The Bertz CT molecular complexity index is 418. The van der Waals surface area contributed by atoms with Crippen LogP contribution < -0.4 is 10.2 Å². The first-order chi connectivity index (χ1) is 8.22. The number of hydrogen-bond acceptors (Lipinski definition) is 4.